The van der Waals surface area contributed by atoms with E-state index in [2.05, 4.69) is 20.8 Å². The standard InChI is InChI=1S/C24H30O6/c1-24(2,3)19-13-15-21(26-4)18(22(19)27-5)12-14-20(25)16-8-10-17(11-9-16)30-23(28-6)29-7/h8-15,23H,1-7H3/b14-12+. The van der Waals surface area contributed by atoms with Gasteiger partial charge in [-0.15, -0.1) is 0 Å². The highest BCUT2D eigenvalue weighted by Gasteiger charge is 2.22. The number of ketones is 1. The third-order valence-corrected chi connectivity index (χ3v) is 4.55. The first-order chi connectivity index (χ1) is 14.2. The number of hydrogen-bond acceptors (Lipinski definition) is 6. The Labute approximate surface area is 178 Å². The molecule has 0 spiro atoms. The van der Waals surface area contributed by atoms with Gasteiger partial charge >= 0.3 is 6.48 Å². The second-order valence-corrected chi connectivity index (χ2v) is 7.61. The summed E-state index contributed by atoms with van der Waals surface area (Å²) in [6.45, 7) is 5.52. The summed E-state index contributed by atoms with van der Waals surface area (Å²) in [5.74, 6) is 1.71. The Morgan fingerprint density at radius 3 is 2.03 bits per heavy atom. The van der Waals surface area contributed by atoms with Crippen molar-refractivity contribution >= 4 is 11.9 Å². The Morgan fingerprint density at radius 1 is 0.900 bits per heavy atom. The number of carbonyl (C=O) groups excluding carboxylic acids is 1. The highest BCUT2D eigenvalue weighted by molar-refractivity contribution is 6.07. The number of benzene rings is 2. The zero-order chi connectivity index (χ0) is 22.3. The molecular weight excluding hydrogens is 384 g/mol. The van der Waals surface area contributed by atoms with Crippen molar-refractivity contribution in [1.29, 1.82) is 0 Å². The van der Waals surface area contributed by atoms with Crippen molar-refractivity contribution in [3.8, 4) is 17.2 Å². The summed E-state index contributed by atoms with van der Waals surface area (Å²) in [5.41, 5.74) is 2.16. The van der Waals surface area contributed by atoms with E-state index in [-0.39, 0.29) is 11.2 Å². The van der Waals surface area contributed by atoms with Crippen molar-refractivity contribution in [3.63, 3.8) is 0 Å². The summed E-state index contributed by atoms with van der Waals surface area (Å²) >= 11 is 0. The van der Waals surface area contributed by atoms with Crippen LogP contribution in [-0.2, 0) is 14.9 Å². The molecule has 0 saturated carbocycles. The molecule has 2 aromatic rings. The molecule has 2 rings (SSSR count). The van der Waals surface area contributed by atoms with E-state index in [4.69, 9.17) is 23.7 Å². The van der Waals surface area contributed by atoms with Crippen LogP contribution in [0.1, 0.15) is 42.3 Å². The lowest BCUT2D eigenvalue weighted by molar-refractivity contribution is -0.219. The van der Waals surface area contributed by atoms with Crippen molar-refractivity contribution < 1.29 is 28.5 Å². The lowest BCUT2D eigenvalue weighted by Crippen LogP contribution is -2.20. The fourth-order valence-corrected chi connectivity index (χ4v) is 2.98. The van der Waals surface area contributed by atoms with Crippen molar-refractivity contribution in [3.05, 3.63) is 59.2 Å². The number of ether oxygens (including phenoxy) is 5. The van der Waals surface area contributed by atoms with Gasteiger partial charge in [0.05, 0.1) is 19.8 Å². The first kappa shape index (κ1) is 23.4. The highest BCUT2D eigenvalue weighted by Crippen LogP contribution is 2.39. The molecule has 0 aliphatic rings. The summed E-state index contributed by atoms with van der Waals surface area (Å²) < 4.78 is 26.6. The normalized spacial score (nSPS) is 11.7. The number of carbonyl (C=O) groups is 1. The number of hydrogen-bond donors (Lipinski definition) is 0. The molecule has 0 bridgehead atoms. The van der Waals surface area contributed by atoms with Crippen LogP contribution in [0, 0.1) is 0 Å². The Morgan fingerprint density at radius 2 is 1.53 bits per heavy atom. The molecule has 6 heteroatoms. The second-order valence-electron chi connectivity index (χ2n) is 7.61. The Bertz CT molecular complexity index is 874. The van der Waals surface area contributed by atoms with Crippen LogP contribution in [0.15, 0.2) is 42.5 Å². The predicted octanol–water partition coefficient (Wildman–Crippen LogP) is 4.85. The molecule has 30 heavy (non-hydrogen) atoms. The smallest absolute Gasteiger partial charge is 0.315 e. The van der Waals surface area contributed by atoms with Gasteiger partial charge in [0.1, 0.15) is 17.2 Å². The molecule has 0 aliphatic carbocycles. The Kier molecular flexibility index (Phi) is 8.03. The van der Waals surface area contributed by atoms with E-state index in [0.717, 1.165) is 11.1 Å². The largest absolute Gasteiger partial charge is 0.496 e. The van der Waals surface area contributed by atoms with Gasteiger partial charge in [-0.05, 0) is 47.9 Å². The van der Waals surface area contributed by atoms with Gasteiger partial charge < -0.3 is 23.7 Å². The summed E-state index contributed by atoms with van der Waals surface area (Å²) in [7, 11) is 6.17. The van der Waals surface area contributed by atoms with E-state index < -0.39 is 6.48 Å². The van der Waals surface area contributed by atoms with Gasteiger partial charge in [0.15, 0.2) is 5.78 Å². The van der Waals surface area contributed by atoms with E-state index in [0.29, 0.717) is 22.8 Å². The fourth-order valence-electron chi connectivity index (χ4n) is 2.98. The third-order valence-electron chi connectivity index (χ3n) is 4.55. The maximum absolute atomic E-state index is 12.7. The number of methoxy groups -OCH3 is 4. The van der Waals surface area contributed by atoms with Crippen LogP contribution in [0.25, 0.3) is 6.08 Å². The van der Waals surface area contributed by atoms with Crippen molar-refractivity contribution in [2.24, 2.45) is 0 Å². The lowest BCUT2D eigenvalue weighted by Gasteiger charge is -2.24. The summed E-state index contributed by atoms with van der Waals surface area (Å²) in [6, 6.07) is 10.6. The molecule has 0 amide bonds. The maximum atomic E-state index is 12.7. The van der Waals surface area contributed by atoms with E-state index in [1.807, 2.05) is 12.1 Å². The third kappa shape index (κ3) is 5.62. The molecule has 0 aliphatic heterocycles. The second kappa shape index (κ2) is 10.3. The monoisotopic (exact) mass is 414 g/mol. The minimum atomic E-state index is -0.804. The van der Waals surface area contributed by atoms with Gasteiger partial charge in [-0.25, -0.2) is 0 Å². The number of allylic oxidation sites excluding steroid dienone is 1. The molecule has 0 saturated heterocycles. The van der Waals surface area contributed by atoms with Gasteiger partial charge in [-0.3, -0.25) is 4.79 Å². The van der Waals surface area contributed by atoms with Gasteiger partial charge in [-0.2, -0.15) is 0 Å². The predicted molar refractivity (Wildman–Crippen MR) is 116 cm³/mol. The summed E-state index contributed by atoms with van der Waals surface area (Å²) in [5, 5.41) is 0. The fraction of sp³-hybridized carbons (Fsp3) is 0.375. The van der Waals surface area contributed by atoms with Gasteiger partial charge in [-0.1, -0.05) is 26.8 Å². The molecule has 0 N–H and O–H groups in total. The topological polar surface area (TPSA) is 63.2 Å². The van der Waals surface area contributed by atoms with Crippen molar-refractivity contribution in [2.75, 3.05) is 28.4 Å². The van der Waals surface area contributed by atoms with Crippen LogP contribution in [0.5, 0.6) is 17.2 Å². The van der Waals surface area contributed by atoms with E-state index in [1.165, 1.54) is 20.3 Å². The van der Waals surface area contributed by atoms with Gasteiger partial charge in [0, 0.05) is 25.3 Å². The van der Waals surface area contributed by atoms with Crippen LogP contribution < -0.4 is 14.2 Å². The lowest BCUT2D eigenvalue weighted by atomic mass is 9.85. The zero-order valence-electron chi connectivity index (χ0n) is 18.6. The zero-order valence-corrected chi connectivity index (χ0v) is 18.6. The van der Waals surface area contributed by atoms with Crippen LogP contribution in [0.3, 0.4) is 0 Å². The minimum absolute atomic E-state index is 0.123. The van der Waals surface area contributed by atoms with Crippen molar-refractivity contribution in [1.82, 2.24) is 0 Å². The average molecular weight is 414 g/mol. The van der Waals surface area contributed by atoms with E-state index >= 15 is 0 Å². The molecule has 0 fully saturated rings. The van der Waals surface area contributed by atoms with Crippen LogP contribution in [0.2, 0.25) is 0 Å². The molecule has 2 aromatic carbocycles. The van der Waals surface area contributed by atoms with Crippen LogP contribution in [-0.4, -0.2) is 40.7 Å². The molecule has 6 nitrogen and oxygen atoms in total. The Hall–Kier alpha value is -2.83. The molecule has 0 heterocycles. The van der Waals surface area contributed by atoms with Crippen LogP contribution >= 0.6 is 0 Å². The molecule has 0 unspecified atom stereocenters. The average Bonchev–Trinajstić information content (AvgIpc) is 2.74. The molecular formula is C24H30O6. The van der Waals surface area contributed by atoms with Crippen molar-refractivity contribution in [2.45, 2.75) is 32.7 Å². The molecule has 162 valence electrons. The SMILES string of the molecule is COc1ccc(C(C)(C)C)c(OC)c1/C=C/C(=O)c1ccc(OC(OC)OC)cc1. The summed E-state index contributed by atoms with van der Waals surface area (Å²) in [6.07, 6.45) is 3.24. The Balaban J connectivity index is 2.29. The van der Waals surface area contributed by atoms with Gasteiger partial charge in [0.25, 0.3) is 0 Å². The van der Waals surface area contributed by atoms with Gasteiger partial charge in [0.2, 0.25) is 0 Å². The minimum Gasteiger partial charge on any atom is -0.496 e. The molecule has 0 radical (unpaired) electrons. The highest BCUT2D eigenvalue weighted by atomic mass is 16.8. The first-order valence-electron chi connectivity index (χ1n) is 9.55. The maximum Gasteiger partial charge on any atom is 0.315 e. The van der Waals surface area contributed by atoms with Crippen LogP contribution in [0.4, 0.5) is 0 Å². The number of rotatable bonds is 9. The molecule has 0 aromatic heterocycles. The van der Waals surface area contributed by atoms with E-state index in [9.17, 15) is 4.79 Å². The summed E-state index contributed by atoms with van der Waals surface area (Å²) in [4.78, 5) is 12.7. The molecule has 0 atom stereocenters. The quantitative estimate of drug-likeness (QED) is 0.332. The first-order valence-corrected chi connectivity index (χ1v) is 9.55. The van der Waals surface area contributed by atoms with E-state index in [1.54, 1.807) is 44.6 Å².